The van der Waals surface area contributed by atoms with Gasteiger partial charge < -0.3 is 15.0 Å². The molecule has 0 saturated carbocycles. The molecule has 1 heterocycles. The first-order valence-corrected chi connectivity index (χ1v) is 9.69. The van der Waals surface area contributed by atoms with Crippen molar-refractivity contribution in [2.45, 2.75) is 51.8 Å². The summed E-state index contributed by atoms with van der Waals surface area (Å²) in [6.07, 6.45) is -0.173. The van der Waals surface area contributed by atoms with Crippen molar-refractivity contribution in [1.82, 2.24) is 5.32 Å². The van der Waals surface area contributed by atoms with Gasteiger partial charge in [0.1, 0.15) is 11.6 Å². The van der Waals surface area contributed by atoms with E-state index in [4.69, 9.17) is 16.3 Å². The standard InChI is InChI=1S/C22H25ClN2O3/c1-14(15-9-7-10-17(23)12-15)25-19-11-6-5-8-16(19)13-18(20(25)26)24-21(27)28-22(2,3)4/h5-12,14,18H,13H2,1-4H3,(H,24,27)/t14-,18+/m0/s1. The van der Waals surface area contributed by atoms with E-state index in [9.17, 15) is 9.59 Å². The highest BCUT2D eigenvalue weighted by molar-refractivity contribution is 6.30. The zero-order valence-electron chi connectivity index (χ0n) is 16.5. The Hall–Kier alpha value is -2.53. The number of carbonyl (C=O) groups is 2. The van der Waals surface area contributed by atoms with Crippen LogP contribution in [0.25, 0.3) is 0 Å². The van der Waals surface area contributed by atoms with E-state index in [2.05, 4.69) is 5.32 Å². The second kappa shape index (κ2) is 7.84. The second-order valence-corrected chi connectivity index (χ2v) is 8.41. The summed E-state index contributed by atoms with van der Waals surface area (Å²) in [6.45, 7) is 7.32. The van der Waals surface area contributed by atoms with Crippen molar-refractivity contribution in [1.29, 1.82) is 0 Å². The Morgan fingerprint density at radius 2 is 1.93 bits per heavy atom. The van der Waals surface area contributed by atoms with Crippen LogP contribution < -0.4 is 10.2 Å². The van der Waals surface area contributed by atoms with Gasteiger partial charge in [-0.2, -0.15) is 0 Å². The highest BCUT2D eigenvalue weighted by atomic mass is 35.5. The van der Waals surface area contributed by atoms with Crippen molar-refractivity contribution < 1.29 is 14.3 Å². The molecule has 1 aliphatic rings. The lowest BCUT2D eigenvalue weighted by molar-refractivity contribution is -0.121. The number of para-hydroxylation sites is 1. The molecule has 5 nitrogen and oxygen atoms in total. The third-order valence-electron chi connectivity index (χ3n) is 4.62. The normalized spacial score (nSPS) is 17.7. The molecule has 1 N–H and O–H groups in total. The first-order valence-electron chi connectivity index (χ1n) is 9.31. The molecule has 0 unspecified atom stereocenters. The van der Waals surface area contributed by atoms with Crippen LogP contribution >= 0.6 is 11.6 Å². The average molecular weight is 401 g/mol. The summed E-state index contributed by atoms with van der Waals surface area (Å²) >= 11 is 6.15. The molecule has 2 atom stereocenters. The molecule has 2 aromatic carbocycles. The van der Waals surface area contributed by atoms with Gasteiger partial charge in [0.05, 0.1) is 6.04 Å². The van der Waals surface area contributed by atoms with Gasteiger partial charge in [0.15, 0.2) is 0 Å². The van der Waals surface area contributed by atoms with E-state index in [0.29, 0.717) is 11.4 Å². The smallest absolute Gasteiger partial charge is 0.408 e. The molecule has 0 spiro atoms. The van der Waals surface area contributed by atoms with Crippen molar-refractivity contribution >= 4 is 29.3 Å². The number of hydrogen-bond acceptors (Lipinski definition) is 3. The van der Waals surface area contributed by atoms with Gasteiger partial charge in [-0.15, -0.1) is 0 Å². The Balaban J connectivity index is 1.92. The lowest BCUT2D eigenvalue weighted by atomic mass is 9.94. The predicted molar refractivity (Wildman–Crippen MR) is 111 cm³/mol. The summed E-state index contributed by atoms with van der Waals surface area (Å²) in [7, 11) is 0. The first-order chi connectivity index (χ1) is 13.2. The van der Waals surface area contributed by atoms with Crippen LogP contribution in [0, 0.1) is 0 Å². The Morgan fingerprint density at radius 1 is 1.21 bits per heavy atom. The lowest BCUT2D eigenvalue weighted by Gasteiger charge is -2.38. The van der Waals surface area contributed by atoms with Crippen molar-refractivity contribution in [3.63, 3.8) is 0 Å². The fourth-order valence-electron chi connectivity index (χ4n) is 3.39. The van der Waals surface area contributed by atoms with Crippen molar-refractivity contribution in [2.75, 3.05) is 4.90 Å². The van der Waals surface area contributed by atoms with E-state index < -0.39 is 17.7 Å². The summed E-state index contributed by atoms with van der Waals surface area (Å²) in [5.74, 6) is -0.169. The number of carbonyl (C=O) groups excluding carboxylic acids is 2. The molecular formula is C22H25ClN2O3. The summed E-state index contributed by atoms with van der Waals surface area (Å²) in [4.78, 5) is 27.3. The van der Waals surface area contributed by atoms with Gasteiger partial charge in [0, 0.05) is 17.1 Å². The number of anilines is 1. The van der Waals surface area contributed by atoms with E-state index in [1.807, 2.05) is 49.4 Å². The van der Waals surface area contributed by atoms with Gasteiger partial charge in [0.25, 0.3) is 5.91 Å². The summed E-state index contributed by atoms with van der Waals surface area (Å²) < 4.78 is 5.33. The van der Waals surface area contributed by atoms with Crippen LogP contribution in [-0.4, -0.2) is 23.6 Å². The fourth-order valence-corrected chi connectivity index (χ4v) is 3.59. The number of rotatable bonds is 3. The highest BCUT2D eigenvalue weighted by Gasteiger charge is 2.37. The van der Waals surface area contributed by atoms with E-state index in [1.54, 1.807) is 31.7 Å². The first kappa shape index (κ1) is 20.2. The molecule has 0 bridgehead atoms. The molecule has 6 heteroatoms. The number of alkyl carbamates (subject to hydrolysis) is 1. The molecule has 28 heavy (non-hydrogen) atoms. The van der Waals surface area contributed by atoms with Crippen LogP contribution in [0.4, 0.5) is 10.5 Å². The molecule has 148 valence electrons. The number of fused-ring (bicyclic) bond motifs is 1. The molecule has 0 aromatic heterocycles. The van der Waals surface area contributed by atoms with Crippen molar-refractivity contribution in [3.8, 4) is 0 Å². The number of ether oxygens (including phenoxy) is 1. The van der Waals surface area contributed by atoms with Gasteiger partial charge in [-0.05, 0) is 57.0 Å². The van der Waals surface area contributed by atoms with Crippen LogP contribution in [0.2, 0.25) is 5.02 Å². The summed E-state index contributed by atoms with van der Waals surface area (Å²) in [6, 6.07) is 14.3. The lowest BCUT2D eigenvalue weighted by Crippen LogP contribution is -2.54. The zero-order chi connectivity index (χ0) is 20.5. The minimum Gasteiger partial charge on any atom is -0.444 e. The molecule has 2 amide bonds. The van der Waals surface area contributed by atoms with Gasteiger partial charge in [-0.1, -0.05) is 41.9 Å². The quantitative estimate of drug-likeness (QED) is 0.798. The molecule has 0 fully saturated rings. The Labute approximate surface area is 170 Å². The molecule has 0 aliphatic carbocycles. The van der Waals surface area contributed by atoms with E-state index in [-0.39, 0.29) is 11.9 Å². The fraction of sp³-hybridized carbons (Fsp3) is 0.364. The number of hydrogen-bond donors (Lipinski definition) is 1. The maximum absolute atomic E-state index is 13.3. The maximum Gasteiger partial charge on any atom is 0.408 e. The number of halogens is 1. The third kappa shape index (κ3) is 4.47. The van der Waals surface area contributed by atoms with Gasteiger partial charge in [-0.3, -0.25) is 4.79 Å². The van der Waals surface area contributed by atoms with Crippen LogP contribution in [0.3, 0.4) is 0 Å². The Bertz CT molecular complexity index is 891. The van der Waals surface area contributed by atoms with Crippen LogP contribution in [0.1, 0.15) is 44.9 Å². The highest BCUT2D eigenvalue weighted by Crippen LogP contribution is 2.35. The van der Waals surface area contributed by atoms with Gasteiger partial charge in [0.2, 0.25) is 0 Å². The topological polar surface area (TPSA) is 58.6 Å². The van der Waals surface area contributed by atoms with Crippen molar-refractivity contribution in [3.05, 3.63) is 64.7 Å². The zero-order valence-corrected chi connectivity index (χ0v) is 17.3. The van der Waals surface area contributed by atoms with Crippen LogP contribution in [-0.2, 0) is 16.0 Å². The van der Waals surface area contributed by atoms with Gasteiger partial charge >= 0.3 is 6.09 Å². The summed E-state index contributed by atoms with van der Waals surface area (Å²) in [5.41, 5.74) is 2.14. The minimum atomic E-state index is -0.689. The second-order valence-electron chi connectivity index (χ2n) is 7.97. The van der Waals surface area contributed by atoms with E-state index >= 15 is 0 Å². The molecule has 2 aromatic rings. The van der Waals surface area contributed by atoms with E-state index in [1.165, 1.54) is 0 Å². The predicted octanol–water partition coefficient (Wildman–Crippen LogP) is 4.88. The number of amides is 2. The minimum absolute atomic E-state index is 0.169. The SMILES string of the molecule is C[C@@H](c1cccc(Cl)c1)N1C(=O)[C@H](NC(=O)OC(C)(C)C)Cc2ccccc21. The Kier molecular flexibility index (Phi) is 5.66. The van der Waals surface area contributed by atoms with Crippen LogP contribution in [0.15, 0.2) is 48.5 Å². The molecular weight excluding hydrogens is 376 g/mol. The van der Waals surface area contributed by atoms with E-state index in [0.717, 1.165) is 16.8 Å². The average Bonchev–Trinajstić information content (AvgIpc) is 2.60. The largest absolute Gasteiger partial charge is 0.444 e. The monoisotopic (exact) mass is 400 g/mol. The van der Waals surface area contributed by atoms with Gasteiger partial charge in [-0.25, -0.2) is 4.79 Å². The van der Waals surface area contributed by atoms with Crippen LogP contribution in [0.5, 0.6) is 0 Å². The molecule has 1 aliphatic heterocycles. The maximum atomic E-state index is 13.3. The number of benzene rings is 2. The van der Waals surface area contributed by atoms with Crippen molar-refractivity contribution in [2.24, 2.45) is 0 Å². The number of nitrogens with one attached hydrogen (secondary N) is 1. The summed E-state index contributed by atoms with van der Waals surface area (Å²) in [5, 5.41) is 3.35. The molecule has 0 radical (unpaired) electrons. The Morgan fingerprint density at radius 3 is 2.61 bits per heavy atom. The number of nitrogens with zero attached hydrogens (tertiary/aromatic N) is 1. The molecule has 3 rings (SSSR count). The molecule has 0 saturated heterocycles. The third-order valence-corrected chi connectivity index (χ3v) is 4.86.